The summed E-state index contributed by atoms with van der Waals surface area (Å²) < 4.78 is 1.39. The van der Waals surface area contributed by atoms with Crippen molar-refractivity contribution in [2.24, 2.45) is 5.16 Å². The molecule has 1 aliphatic rings. The number of aromatic nitrogens is 3. The fraction of sp³-hybridized carbons (Fsp3) is 0.438. The number of benzene rings is 1. The van der Waals surface area contributed by atoms with Gasteiger partial charge in [0.15, 0.2) is 0 Å². The van der Waals surface area contributed by atoms with E-state index >= 15 is 0 Å². The predicted molar refractivity (Wildman–Crippen MR) is 87.9 cm³/mol. The van der Waals surface area contributed by atoms with Gasteiger partial charge < -0.3 is 4.84 Å². The van der Waals surface area contributed by atoms with Gasteiger partial charge in [-0.2, -0.15) is 9.78 Å². The molecule has 0 unspecified atom stereocenters. The van der Waals surface area contributed by atoms with Crippen LogP contribution in [-0.2, 0) is 17.7 Å². The van der Waals surface area contributed by atoms with Gasteiger partial charge in [-0.25, -0.2) is 4.98 Å². The maximum Gasteiger partial charge on any atom is 0.283 e. The molecule has 1 aromatic heterocycles. The third-order valence-electron chi connectivity index (χ3n) is 3.91. The lowest BCUT2D eigenvalue weighted by Gasteiger charge is -2.18. The topological polar surface area (TPSA) is 95.4 Å². The Morgan fingerprint density at radius 2 is 2.17 bits per heavy atom. The first-order chi connectivity index (χ1) is 11.6. The molecule has 0 spiro atoms. The van der Waals surface area contributed by atoms with Gasteiger partial charge in [0.1, 0.15) is 24.3 Å². The van der Waals surface area contributed by atoms with Crippen molar-refractivity contribution in [2.45, 2.75) is 45.6 Å². The zero-order valence-corrected chi connectivity index (χ0v) is 13.7. The summed E-state index contributed by atoms with van der Waals surface area (Å²) in [7, 11) is 0. The fourth-order valence-electron chi connectivity index (χ4n) is 2.88. The molecule has 0 bridgehead atoms. The molecule has 0 radical (unpaired) electrons. The SMILES string of the molecule is CC(C)O/N=C(/c1ccc2c(c1[N+](=O)[O-])CCCC2)n1cncn1. The minimum absolute atomic E-state index is 0.0915. The fourth-order valence-corrected chi connectivity index (χ4v) is 2.88. The van der Waals surface area contributed by atoms with Crippen LogP contribution in [0.1, 0.15) is 43.4 Å². The number of nitro groups is 1. The Balaban J connectivity index is 2.17. The second-order valence-electron chi connectivity index (χ2n) is 5.97. The van der Waals surface area contributed by atoms with E-state index in [1.54, 1.807) is 6.07 Å². The van der Waals surface area contributed by atoms with Crippen LogP contribution in [0.25, 0.3) is 0 Å². The average Bonchev–Trinajstić information content (AvgIpc) is 3.08. The van der Waals surface area contributed by atoms with Gasteiger partial charge in [-0.15, -0.1) is 0 Å². The molecule has 1 aliphatic carbocycles. The van der Waals surface area contributed by atoms with Gasteiger partial charge >= 0.3 is 0 Å². The molecule has 2 aromatic rings. The monoisotopic (exact) mass is 329 g/mol. The van der Waals surface area contributed by atoms with Crippen molar-refractivity contribution in [2.75, 3.05) is 0 Å². The number of nitro benzene ring substituents is 1. The Morgan fingerprint density at radius 1 is 1.38 bits per heavy atom. The summed E-state index contributed by atoms with van der Waals surface area (Å²) in [6, 6.07) is 3.67. The van der Waals surface area contributed by atoms with E-state index in [1.165, 1.54) is 17.3 Å². The second kappa shape index (κ2) is 6.77. The standard InChI is InChI=1S/C16H19N5O3/c1-11(2)24-19-16(20-10-17-9-18-20)14-8-7-12-5-3-4-6-13(12)15(14)21(22)23/h7-11H,3-6H2,1-2H3/b19-16-. The maximum atomic E-state index is 11.8. The molecule has 0 saturated heterocycles. The van der Waals surface area contributed by atoms with E-state index in [0.29, 0.717) is 12.0 Å². The highest BCUT2D eigenvalue weighted by molar-refractivity contribution is 6.03. The quantitative estimate of drug-likeness (QED) is 0.372. The number of oxime groups is 1. The molecule has 0 aliphatic heterocycles. The molecule has 8 heteroatoms. The lowest BCUT2D eigenvalue weighted by atomic mass is 9.88. The molecule has 0 amide bonds. The molecule has 0 atom stereocenters. The molecular formula is C16H19N5O3. The molecule has 1 heterocycles. The number of rotatable bonds is 4. The summed E-state index contributed by atoms with van der Waals surface area (Å²) in [5, 5.41) is 19.9. The largest absolute Gasteiger partial charge is 0.391 e. The van der Waals surface area contributed by atoms with Crippen molar-refractivity contribution >= 4 is 11.5 Å². The van der Waals surface area contributed by atoms with Crippen LogP contribution in [0.15, 0.2) is 29.9 Å². The molecular weight excluding hydrogens is 310 g/mol. The summed E-state index contributed by atoms with van der Waals surface area (Å²) in [6.45, 7) is 3.67. The molecule has 1 aromatic carbocycles. The van der Waals surface area contributed by atoms with E-state index in [1.807, 2.05) is 19.9 Å². The minimum atomic E-state index is -0.332. The Kier molecular flexibility index (Phi) is 4.54. The van der Waals surface area contributed by atoms with E-state index < -0.39 is 0 Å². The molecule has 0 saturated carbocycles. The minimum Gasteiger partial charge on any atom is -0.391 e. The van der Waals surface area contributed by atoms with Gasteiger partial charge in [-0.3, -0.25) is 10.1 Å². The third kappa shape index (κ3) is 3.12. The Bertz CT molecular complexity index is 768. The van der Waals surface area contributed by atoms with Crippen LogP contribution >= 0.6 is 0 Å². The summed E-state index contributed by atoms with van der Waals surface area (Å²) >= 11 is 0. The van der Waals surface area contributed by atoms with Crippen LogP contribution in [0.2, 0.25) is 0 Å². The van der Waals surface area contributed by atoms with Gasteiger partial charge in [0.05, 0.1) is 4.92 Å². The first kappa shape index (κ1) is 16.1. The van der Waals surface area contributed by atoms with E-state index in [4.69, 9.17) is 4.84 Å². The van der Waals surface area contributed by atoms with Crippen molar-refractivity contribution in [3.63, 3.8) is 0 Å². The number of hydrogen-bond acceptors (Lipinski definition) is 6. The highest BCUT2D eigenvalue weighted by Crippen LogP contribution is 2.33. The van der Waals surface area contributed by atoms with Crippen molar-refractivity contribution in [1.82, 2.24) is 14.8 Å². The van der Waals surface area contributed by atoms with Crippen LogP contribution in [0.4, 0.5) is 5.69 Å². The van der Waals surface area contributed by atoms with Gasteiger partial charge in [0, 0.05) is 5.56 Å². The zero-order chi connectivity index (χ0) is 17.1. The smallest absolute Gasteiger partial charge is 0.283 e. The second-order valence-corrected chi connectivity index (χ2v) is 5.97. The van der Waals surface area contributed by atoms with E-state index in [2.05, 4.69) is 15.2 Å². The lowest BCUT2D eigenvalue weighted by Crippen LogP contribution is -2.19. The van der Waals surface area contributed by atoms with Crippen LogP contribution in [0, 0.1) is 10.1 Å². The van der Waals surface area contributed by atoms with Crippen molar-refractivity contribution in [1.29, 1.82) is 0 Å². The number of fused-ring (bicyclic) bond motifs is 1. The van der Waals surface area contributed by atoms with Gasteiger partial charge in [0.2, 0.25) is 5.84 Å². The Labute approximate surface area is 139 Å². The highest BCUT2D eigenvalue weighted by Gasteiger charge is 2.28. The van der Waals surface area contributed by atoms with Gasteiger partial charge in [0.25, 0.3) is 5.69 Å². The molecule has 0 N–H and O–H groups in total. The molecule has 126 valence electrons. The number of nitrogens with zero attached hydrogens (tertiary/aromatic N) is 5. The van der Waals surface area contributed by atoms with Crippen LogP contribution in [0.5, 0.6) is 0 Å². The highest BCUT2D eigenvalue weighted by atomic mass is 16.6. The lowest BCUT2D eigenvalue weighted by molar-refractivity contribution is -0.385. The van der Waals surface area contributed by atoms with Crippen LogP contribution < -0.4 is 0 Å². The first-order valence-corrected chi connectivity index (χ1v) is 7.96. The number of hydrogen-bond donors (Lipinski definition) is 0. The Morgan fingerprint density at radius 3 is 2.83 bits per heavy atom. The van der Waals surface area contributed by atoms with Crippen LogP contribution in [0.3, 0.4) is 0 Å². The summed E-state index contributed by atoms with van der Waals surface area (Å²) in [4.78, 5) is 20.7. The van der Waals surface area contributed by atoms with Crippen LogP contribution in [-0.4, -0.2) is 31.6 Å². The van der Waals surface area contributed by atoms with Gasteiger partial charge in [-0.1, -0.05) is 11.2 Å². The van der Waals surface area contributed by atoms with Gasteiger partial charge in [-0.05, 0) is 51.2 Å². The first-order valence-electron chi connectivity index (χ1n) is 7.96. The summed E-state index contributed by atoms with van der Waals surface area (Å²) in [5.74, 6) is 0.265. The summed E-state index contributed by atoms with van der Waals surface area (Å²) in [5.41, 5.74) is 2.32. The Hall–Kier alpha value is -2.77. The average molecular weight is 329 g/mol. The van der Waals surface area contributed by atoms with Crippen molar-refractivity contribution in [3.8, 4) is 0 Å². The third-order valence-corrected chi connectivity index (χ3v) is 3.91. The molecule has 3 rings (SSSR count). The van der Waals surface area contributed by atoms with Crippen molar-refractivity contribution in [3.05, 3.63) is 51.6 Å². The predicted octanol–water partition coefficient (Wildman–Crippen LogP) is 2.70. The number of aryl methyl sites for hydroxylation is 1. The molecule has 8 nitrogen and oxygen atoms in total. The molecule has 24 heavy (non-hydrogen) atoms. The van der Waals surface area contributed by atoms with E-state index in [0.717, 1.165) is 30.4 Å². The van der Waals surface area contributed by atoms with E-state index in [-0.39, 0.29) is 22.6 Å². The van der Waals surface area contributed by atoms with E-state index in [9.17, 15) is 10.1 Å². The normalized spacial score (nSPS) is 14.5. The maximum absolute atomic E-state index is 11.8. The molecule has 0 fully saturated rings. The van der Waals surface area contributed by atoms with Crippen molar-refractivity contribution < 1.29 is 9.76 Å². The summed E-state index contributed by atoms with van der Waals surface area (Å²) in [6.07, 6.45) is 6.24. The zero-order valence-electron chi connectivity index (χ0n) is 13.7.